The zero-order valence-electron chi connectivity index (χ0n) is 13.3. The van der Waals surface area contributed by atoms with Gasteiger partial charge in [0.15, 0.2) is 5.82 Å². The molecule has 2 aromatic rings. The second kappa shape index (κ2) is 7.44. The number of aryl methyl sites for hydroxylation is 1. The third-order valence-electron chi connectivity index (χ3n) is 3.94. The lowest BCUT2D eigenvalue weighted by molar-refractivity contribution is -0.138. The van der Waals surface area contributed by atoms with E-state index in [4.69, 9.17) is 11.6 Å². The van der Waals surface area contributed by atoms with Gasteiger partial charge >= 0.3 is 6.18 Å². The maximum Gasteiger partial charge on any atom is 0.417 e. The first-order chi connectivity index (χ1) is 12.3. The average Bonchev–Trinajstić information content (AvgIpc) is 2.59. The number of halogens is 5. The maximum absolute atomic E-state index is 13.8. The standard InChI is InChI=1S/C17H13ClF4N2OS/c18-12-5-1-3-10-4-2-6-24(15(10)12)14(25)9-26-16-13(19)7-11(8-23-16)17(20,21)22/h1,3,5,7-8H,2,4,6,9H2. The fourth-order valence-electron chi connectivity index (χ4n) is 2.75. The van der Waals surface area contributed by atoms with Crippen molar-refractivity contribution in [3.8, 4) is 0 Å². The van der Waals surface area contributed by atoms with Crippen LogP contribution in [0.5, 0.6) is 0 Å². The number of thioether (sulfide) groups is 1. The number of carbonyl (C=O) groups excluding carboxylic acids is 1. The van der Waals surface area contributed by atoms with E-state index in [0.717, 1.165) is 30.2 Å². The number of aromatic nitrogens is 1. The molecule has 3 rings (SSSR count). The van der Waals surface area contributed by atoms with Gasteiger partial charge in [-0.05, 0) is 30.5 Å². The Labute approximate surface area is 156 Å². The van der Waals surface area contributed by atoms with Gasteiger partial charge in [0.25, 0.3) is 0 Å². The van der Waals surface area contributed by atoms with Crippen LogP contribution in [0.15, 0.2) is 35.5 Å². The lowest BCUT2D eigenvalue weighted by Crippen LogP contribution is -2.37. The van der Waals surface area contributed by atoms with Crippen LogP contribution in [-0.4, -0.2) is 23.2 Å². The molecule has 1 amide bonds. The first-order valence-corrected chi connectivity index (χ1v) is 9.07. The molecule has 138 valence electrons. The Balaban J connectivity index is 1.73. The van der Waals surface area contributed by atoms with Gasteiger partial charge in [-0.1, -0.05) is 35.5 Å². The predicted octanol–water partition coefficient (Wildman–Crippen LogP) is 4.96. The van der Waals surface area contributed by atoms with Crippen molar-refractivity contribution in [2.24, 2.45) is 0 Å². The third kappa shape index (κ3) is 3.96. The molecular weight excluding hydrogens is 392 g/mol. The predicted molar refractivity (Wildman–Crippen MR) is 92.0 cm³/mol. The Morgan fingerprint density at radius 2 is 2.12 bits per heavy atom. The van der Waals surface area contributed by atoms with Gasteiger partial charge in [-0.3, -0.25) is 4.79 Å². The summed E-state index contributed by atoms with van der Waals surface area (Å²) in [6.07, 6.45) is -2.53. The van der Waals surface area contributed by atoms with Crippen LogP contribution in [0, 0.1) is 5.82 Å². The molecule has 26 heavy (non-hydrogen) atoms. The first kappa shape index (κ1) is 19.0. The molecule has 0 N–H and O–H groups in total. The van der Waals surface area contributed by atoms with E-state index in [1.165, 1.54) is 4.90 Å². The fourth-order valence-corrected chi connectivity index (χ4v) is 3.78. The number of pyridine rings is 1. The van der Waals surface area contributed by atoms with Crippen molar-refractivity contribution >= 4 is 35.0 Å². The molecule has 9 heteroatoms. The molecule has 0 fully saturated rings. The topological polar surface area (TPSA) is 33.2 Å². The Bertz CT molecular complexity index is 844. The highest BCUT2D eigenvalue weighted by Crippen LogP contribution is 2.35. The van der Waals surface area contributed by atoms with Crippen LogP contribution in [-0.2, 0) is 17.4 Å². The largest absolute Gasteiger partial charge is 0.417 e. The van der Waals surface area contributed by atoms with E-state index >= 15 is 0 Å². The zero-order chi connectivity index (χ0) is 18.9. The van der Waals surface area contributed by atoms with Crippen LogP contribution in [0.4, 0.5) is 23.2 Å². The minimum absolute atomic E-state index is 0.153. The van der Waals surface area contributed by atoms with E-state index in [2.05, 4.69) is 4.98 Å². The summed E-state index contributed by atoms with van der Waals surface area (Å²) in [6.45, 7) is 0.485. The van der Waals surface area contributed by atoms with Crippen LogP contribution in [0.25, 0.3) is 0 Å². The number of nitrogens with zero attached hydrogens (tertiary/aromatic N) is 2. The van der Waals surface area contributed by atoms with Crippen molar-refractivity contribution in [3.63, 3.8) is 0 Å². The van der Waals surface area contributed by atoms with E-state index in [9.17, 15) is 22.4 Å². The van der Waals surface area contributed by atoms with Crippen LogP contribution in [0.1, 0.15) is 17.5 Å². The molecule has 0 bridgehead atoms. The lowest BCUT2D eigenvalue weighted by atomic mass is 10.0. The van der Waals surface area contributed by atoms with E-state index in [-0.39, 0.29) is 16.7 Å². The van der Waals surface area contributed by atoms with Crippen LogP contribution >= 0.6 is 23.4 Å². The van der Waals surface area contributed by atoms with Gasteiger partial charge in [0, 0.05) is 12.7 Å². The highest BCUT2D eigenvalue weighted by Gasteiger charge is 2.32. The Morgan fingerprint density at radius 1 is 1.35 bits per heavy atom. The van der Waals surface area contributed by atoms with Crippen molar-refractivity contribution in [3.05, 3.63) is 52.4 Å². The molecule has 0 aliphatic carbocycles. The number of hydrogen-bond donors (Lipinski definition) is 0. The van der Waals surface area contributed by atoms with Gasteiger partial charge in [-0.25, -0.2) is 9.37 Å². The highest BCUT2D eigenvalue weighted by molar-refractivity contribution is 7.99. The first-order valence-electron chi connectivity index (χ1n) is 7.70. The summed E-state index contributed by atoms with van der Waals surface area (Å²) >= 11 is 6.96. The number of anilines is 1. The molecule has 1 aliphatic rings. The molecule has 0 spiro atoms. The normalized spacial score (nSPS) is 14.3. The van der Waals surface area contributed by atoms with E-state index in [0.29, 0.717) is 29.5 Å². The van der Waals surface area contributed by atoms with Crippen molar-refractivity contribution in [1.82, 2.24) is 4.98 Å². The molecule has 2 heterocycles. The molecule has 0 radical (unpaired) electrons. The number of fused-ring (bicyclic) bond motifs is 1. The summed E-state index contributed by atoms with van der Waals surface area (Å²) in [5, 5.41) is 0.210. The van der Waals surface area contributed by atoms with Gasteiger partial charge in [0.05, 0.1) is 22.0 Å². The number of amides is 1. The number of rotatable bonds is 3. The van der Waals surface area contributed by atoms with Crippen molar-refractivity contribution < 1.29 is 22.4 Å². The Kier molecular flexibility index (Phi) is 5.43. The molecule has 0 atom stereocenters. The fraction of sp³-hybridized carbons (Fsp3) is 0.294. The van der Waals surface area contributed by atoms with E-state index in [1.54, 1.807) is 6.07 Å². The second-order valence-corrected chi connectivity index (χ2v) is 7.07. The molecule has 1 aromatic heterocycles. The van der Waals surface area contributed by atoms with E-state index in [1.807, 2.05) is 12.1 Å². The third-order valence-corrected chi connectivity index (χ3v) is 5.21. The number of hydrogen-bond acceptors (Lipinski definition) is 3. The SMILES string of the molecule is O=C(CSc1ncc(C(F)(F)F)cc1F)N1CCCc2cccc(Cl)c21. The zero-order valence-corrected chi connectivity index (χ0v) is 14.9. The minimum Gasteiger partial charge on any atom is -0.310 e. The molecule has 0 saturated carbocycles. The molecular formula is C17H13ClF4N2OS. The smallest absolute Gasteiger partial charge is 0.310 e. The quantitative estimate of drug-likeness (QED) is 0.535. The second-order valence-electron chi connectivity index (χ2n) is 5.69. The number of para-hydroxylation sites is 1. The number of benzene rings is 1. The van der Waals surface area contributed by atoms with Crippen molar-refractivity contribution in [2.45, 2.75) is 24.0 Å². The van der Waals surface area contributed by atoms with Gasteiger partial charge in [-0.2, -0.15) is 13.2 Å². The number of carbonyl (C=O) groups is 1. The van der Waals surface area contributed by atoms with Crippen LogP contribution in [0.3, 0.4) is 0 Å². The van der Waals surface area contributed by atoms with Crippen LogP contribution in [0.2, 0.25) is 5.02 Å². The molecule has 1 aromatic carbocycles. The van der Waals surface area contributed by atoms with Gasteiger partial charge in [-0.15, -0.1) is 0 Å². The average molecular weight is 405 g/mol. The summed E-state index contributed by atoms with van der Waals surface area (Å²) in [5.74, 6) is -1.56. The van der Waals surface area contributed by atoms with Gasteiger partial charge in [0.1, 0.15) is 5.03 Å². The highest BCUT2D eigenvalue weighted by atomic mass is 35.5. The molecule has 0 saturated heterocycles. The number of alkyl halides is 3. The molecule has 0 unspecified atom stereocenters. The monoisotopic (exact) mass is 404 g/mol. The summed E-state index contributed by atoms with van der Waals surface area (Å²) in [6, 6.07) is 5.78. The van der Waals surface area contributed by atoms with Crippen molar-refractivity contribution in [2.75, 3.05) is 17.2 Å². The van der Waals surface area contributed by atoms with E-state index < -0.39 is 17.6 Å². The Morgan fingerprint density at radius 3 is 2.81 bits per heavy atom. The summed E-state index contributed by atoms with van der Waals surface area (Å²) in [7, 11) is 0. The maximum atomic E-state index is 13.8. The van der Waals surface area contributed by atoms with Gasteiger partial charge in [0.2, 0.25) is 5.91 Å². The lowest BCUT2D eigenvalue weighted by Gasteiger charge is -2.30. The van der Waals surface area contributed by atoms with Gasteiger partial charge < -0.3 is 4.90 Å². The summed E-state index contributed by atoms with van der Waals surface area (Å²) in [5.41, 5.74) is 0.440. The molecule has 3 nitrogen and oxygen atoms in total. The van der Waals surface area contributed by atoms with Crippen LogP contribution < -0.4 is 4.90 Å². The summed E-state index contributed by atoms with van der Waals surface area (Å²) in [4.78, 5) is 17.6. The minimum atomic E-state index is -4.67. The Hall–Kier alpha value is -1.80. The summed E-state index contributed by atoms with van der Waals surface area (Å²) < 4.78 is 51.5. The molecule has 1 aliphatic heterocycles. The van der Waals surface area contributed by atoms with Crippen molar-refractivity contribution in [1.29, 1.82) is 0 Å².